The fourth-order valence-corrected chi connectivity index (χ4v) is 5.11. The molecule has 0 saturated carbocycles. The van der Waals surface area contributed by atoms with Crippen molar-refractivity contribution in [1.82, 2.24) is 9.62 Å². The lowest BCUT2D eigenvalue weighted by Gasteiger charge is -2.30. The van der Waals surface area contributed by atoms with Crippen LogP contribution in [0.1, 0.15) is 47.7 Å². The first-order valence-corrected chi connectivity index (χ1v) is 11.7. The molecular formula is C21H34N2O5S. The van der Waals surface area contributed by atoms with Crippen LogP contribution in [0.15, 0.2) is 17.0 Å². The van der Waals surface area contributed by atoms with Crippen molar-refractivity contribution < 1.29 is 22.7 Å². The molecular weight excluding hydrogens is 392 g/mol. The van der Waals surface area contributed by atoms with Crippen LogP contribution in [0.5, 0.6) is 0 Å². The van der Waals surface area contributed by atoms with Crippen molar-refractivity contribution >= 4 is 15.9 Å². The van der Waals surface area contributed by atoms with E-state index in [9.17, 15) is 13.2 Å². The maximum atomic E-state index is 13.2. The zero-order chi connectivity index (χ0) is 21.4. The molecule has 1 aromatic rings. The van der Waals surface area contributed by atoms with Gasteiger partial charge in [0.15, 0.2) is 0 Å². The molecule has 1 N–H and O–H groups in total. The maximum Gasteiger partial charge on any atom is 0.251 e. The molecule has 1 saturated heterocycles. The summed E-state index contributed by atoms with van der Waals surface area (Å²) in [6, 6.07) is 3.26. The summed E-state index contributed by atoms with van der Waals surface area (Å²) in [4.78, 5) is 12.8. The third kappa shape index (κ3) is 6.50. The van der Waals surface area contributed by atoms with Gasteiger partial charge in [-0.15, -0.1) is 0 Å². The summed E-state index contributed by atoms with van der Waals surface area (Å²) in [5.74, 6) is 0.272. The molecule has 0 aliphatic carbocycles. The Morgan fingerprint density at radius 1 is 1.17 bits per heavy atom. The third-order valence-corrected chi connectivity index (χ3v) is 7.45. The Bertz CT molecular complexity index is 787. The number of hydrogen-bond donors (Lipinski definition) is 1. The van der Waals surface area contributed by atoms with Gasteiger partial charge in [-0.3, -0.25) is 4.79 Å². The van der Waals surface area contributed by atoms with E-state index in [0.717, 1.165) is 18.4 Å². The minimum absolute atomic E-state index is 0.236. The summed E-state index contributed by atoms with van der Waals surface area (Å²) in [5, 5.41) is 2.84. The van der Waals surface area contributed by atoms with Crippen molar-refractivity contribution in [3.05, 3.63) is 28.8 Å². The Morgan fingerprint density at radius 3 is 2.52 bits per heavy atom. The minimum atomic E-state index is -3.61. The number of amides is 1. The molecule has 0 unspecified atom stereocenters. The van der Waals surface area contributed by atoms with E-state index >= 15 is 0 Å². The second-order valence-corrected chi connectivity index (χ2v) is 9.62. The first-order valence-electron chi connectivity index (χ1n) is 10.2. The number of nitrogens with one attached hydrogen (secondary N) is 1. The molecule has 0 spiro atoms. The zero-order valence-corrected chi connectivity index (χ0v) is 18.8. The monoisotopic (exact) mass is 426 g/mol. The molecule has 0 bridgehead atoms. The largest absolute Gasteiger partial charge is 0.382 e. The van der Waals surface area contributed by atoms with Gasteiger partial charge in [0, 0.05) is 38.9 Å². The predicted octanol–water partition coefficient (Wildman–Crippen LogP) is 2.51. The Balaban J connectivity index is 2.05. The SMILES string of the molecule is COCCOCCCNC(=O)c1cc(C)c(C)c(S(=O)(=O)N2CCC(C)CC2)c1. The van der Waals surface area contributed by atoms with Crippen molar-refractivity contribution in [2.75, 3.05) is 46.6 Å². The highest BCUT2D eigenvalue weighted by atomic mass is 32.2. The number of carbonyl (C=O) groups excluding carboxylic acids is 1. The fourth-order valence-electron chi connectivity index (χ4n) is 3.31. The van der Waals surface area contributed by atoms with Gasteiger partial charge in [0.2, 0.25) is 10.0 Å². The van der Waals surface area contributed by atoms with Gasteiger partial charge in [-0.25, -0.2) is 8.42 Å². The van der Waals surface area contributed by atoms with Crippen LogP contribution in [0.4, 0.5) is 0 Å². The number of nitrogens with zero attached hydrogens (tertiary/aromatic N) is 1. The van der Waals surface area contributed by atoms with Gasteiger partial charge in [0.1, 0.15) is 0 Å². The maximum absolute atomic E-state index is 13.2. The lowest BCUT2D eigenvalue weighted by molar-refractivity contribution is 0.0688. The summed E-state index contributed by atoms with van der Waals surface area (Å²) >= 11 is 0. The quantitative estimate of drug-likeness (QED) is 0.581. The van der Waals surface area contributed by atoms with Crippen molar-refractivity contribution in [2.24, 2.45) is 5.92 Å². The number of sulfonamides is 1. The number of piperidine rings is 1. The number of methoxy groups -OCH3 is 1. The molecule has 1 aromatic carbocycles. The highest BCUT2D eigenvalue weighted by Gasteiger charge is 2.30. The van der Waals surface area contributed by atoms with E-state index in [-0.39, 0.29) is 10.8 Å². The van der Waals surface area contributed by atoms with Gasteiger partial charge in [-0.2, -0.15) is 4.31 Å². The topological polar surface area (TPSA) is 84.9 Å². The van der Waals surface area contributed by atoms with Crippen LogP contribution < -0.4 is 5.32 Å². The lowest BCUT2D eigenvalue weighted by Crippen LogP contribution is -2.38. The minimum Gasteiger partial charge on any atom is -0.382 e. The van der Waals surface area contributed by atoms with Gasteiger partial charge in [-0.1, -0.05) is 6.92 Å². The molecule has 7 nitrogen and oxygen atoms in total. The van der Waals surface area contributed by atoms with Crippen LogP contribution in [-0.4, -0.2) is 65.2 Å². The molecule has 1 fully saturated rings. The molecule has 1 aliphatic rings. The first kappa shape index (κ1) is 23.8. The third-order valence-electron chi connectivity index (χ3n) is 5.43. The molecule has 0 radical (unpaired) electrons. The average molecular weight is 427 g/mol. The predicted molar refractivity (Wildman–Crippen MR) is 113 cm³/mol. The number of benzene rings is 1. The van der Waals surface area contributed by atoms with E-state index in [1.807, 2.05) is 6.92 Å². The Hall–Kier alpha value is -1.48. The van der Waals surface area contributed by atoms with Crippen LogP contribution in [0.3, 0.4) is 0 Å². The van der Waals surface area contributed by atoms with Gasteiger partial charge >= 0.3 is 0 Å². The van der Waals surface area contributed by atoms with Gasteiger partial charge in [0.05, 0.1) is 18.1 Å². The van der Waals surface area contributed by atoms with Gasteiger partial charge in [-0.05, 0) is 62.3 Å². The van der Waals surface area contributed by atoms with E-state index in [4.69, 9.17) is 9.47 Å². The molecule has 1 amide bonds. The normalized spacial score (nSPS) is 16.1. The van der Waals surface area contributed by atoms with Crippen molar-refractivity contribution in [3.8, 4) is 0 Å². The molecule has 1 aliphatic heterocycles. The zero-order valence-electron chi connectivity index (χ0n) is 18.0. The van der Waals surface area contributed by atoms with Crippen molar-refractivity contribution in [1.29, 1.82) is 0 Å². The summed E-state index contributed by atoms with van der Waals surface area (Å²) in [6.45, 7) is 8.91. The van der Waals surface area contributed by atoms with Crippen LogP contribution in [0.25, 0.3) is 0 Å². The molecule has 2 rings (SSSR count). The number of ether oxygens (including phenoxy) is 2. The van der Waals surface area contributed by atoms with Gasteiger partial charge in [0.25, 0.3) is 5.91 Å². The highest BCUT2D eigenvalue weighted by Crippen LogP contribution is 2.28. The standard InChI is InChI=1S/C21H34N2O5S/c1-16-6-9-23(10-7-16)29(25,26)20-15-19(14-17(2)18(20)3)21(24)22-8-5-11-28-13-12-27-4/h14-16H,5-13H2,1-4H3,(H,22,24). The second-order valence-electron chi connectivity index (χ2n) is 7.72. The summed E-state index contributed by atoms with van der Waals surface area (Å²) < 4.78 is 38.2. The molecule has 1 heterocycles. The Kier molecular flexibility index (Phi) is 9.07. The van der Waals surface area contributed by atoms with Crippen LogP contribution >= 0.6 is 0 Å². The van der Waals surface area contributed by atoms with Crippen LogP contribution in [-0.2, 0) is 19.5 Å². The van der Waals surface area contributed by atoms with Crippen LogP contribution in [0.2, 0.25) is 0 Å². The smallest absolute Gasteiger partial charge is 0.251 e. The number of aryl methyl sites for hydroxylation is 1. The summed E-state index contributed by atoms with van der Waals surface area (Å²) in [5.41, 5.74) is 1.87. The molecule has 29 heavy (non-hydrogen) atoms. The Labute approximate surface area is 174 Å². The van der Waals surface area contributed by atoms with E-state index in [1.165, 1.54) is 6.07 Å². The van der Waals surface area contributed by atoms with Crippen LogP contribution in [0, 0.1) is 19.8 Å². The number of hydrogen-bond acceptors (Lipinski definition) is 5. The number of rotatable bonds is 10. The Morgan fingerprint density at radius 2 is 1.86 bits per heavy atom. The van der Waals surface area contributed by atoms with Crippen molar-refractivity contribution in [2.45, 2.75) is 44.9 Å². The molecule has 164 valence electrons. The fraction of sp³-hybridized carbons (Fsp3) is 0.667. The summed E-state index contributed by atoms with van der Waals surface area (Å²) in [6.07, 6.45) is 2.41. The molecule has 0 aromatic heterocycles. The molecule has 8 heteroatoms. The van der Waals surface area contributed by atoms with Gasteiger partial charge < -0.3 is 14.8 Å². The highest BCUT2D eigenvalue weighted by molar-refractivity contribution is 7.89. The molecule has 0 atom stereocenters. The van der Waals surface area contributed by atoms with E-state index < -0.39 is 10.0 Å². The lowest BCUT2D eigenvalue weighted by atomic mass is 10.0. The van der Waals surface area contributed by atoms with E-state index in [0.29, 0.717) is 62.9 Å². The van der Waals surface area contributed by atoms with E-state index in [2.05, 4.69) is 12.2 Å². The number of carbonyl (C=O) groups is 1. The summed E-state index contributed by atoms with van der Waals surface area (Å²) in [7, 11) is -1.99. The average Bonchev–Trinajstić information content (AvgIpc) is 2.69. The second kappa shape index (κ2) is 11.1. The van der Waals surface area contributed by atoms with E-state index in [1.54, 1.807) is 24.4 Å². The van der Waals surface area contributed by atoms with Crippen molar-refractivity contribution in [3.63, 3.8) is 0 Å². The first-order chi connectivity index (χ1) is 13.8.